The van der Waals surface area contributed by atoms with E-state index in [1.54, 1.807) is 31.1 Å². The van der Waals surface area contributed by atoms with E-state index >= 15 is 0 Å². The average Bonchev–Trinajstić information content (AvgIpc) is 2.17. The molecule has 0 saturated carbocycles. The zero-order valence-corrected chi connectivity index (χ0v) is 9.65. The first-order valence-electron chi connectivity index (χ1n) is 4.99. The molecule has 0 aliphatic carbocycles. The molecule has 0 radical (unpaired) electrons. The van der Waals surface area contributed by atoms with Crippen LogP contribution in [0.15, 0.2) is 24.3 Å². The molecule has 0 unspecified atom stereocenters. The van der Waals surface area contributed by atoms with Gasteiger partial charge in [-0.1, -0.05) is 0 Å². The van der Waals surface area contributed by atoms with E-state index < -0.39 is 0 Å². The second-order valence-corrected chi connectivity index (χ2v) is 3.89. The second-order valence-electron chi connectivity index (χ2n) is 3.89. The molecule has 0 fully saturated rings. The Morgan fingerprint density at radius 2 is 1.73 bits per heavy atom. The highest BCUT2D eigenvalue weighted by Crippen LogP contribution is 2.14. The lowest BCUT2D eigenvalue weighted by molar-refractivity contribution is 0.0827. The van der Waals surface area contributed by atoms with E-state index in [1.165, 1.54) is 0 Å². The third-order valence-corrected chi connectivity index (χ3v) is 1.88. The van der Waals surface area contributed by atoms with Gasteiger partial charge in [-0.15, -0.1) is 0 Å². The fourth-order valence-corrected chi connectivity index (χ4v) is 1.21. The van der Waals surface area contributed by atoms with E-state index in [-0.39, 0.29) is 12.0 Å². The highest BCUT2D eigenvalue weighted by molar-refractivity contribution is 5.93. The molecule has 1 amide bonds. The van der Waals surface area contributed by atoms with Gasteiger partial charge < -0.3 is 9.64 Å². The molecule has 0 bridgehead atoms. The topological polar surface area (TPSA) is 29.5 Å². The quantitative estimate of drug-likeness (QED) is 0.760. The first-order chi connectivity index (χ1) is 7.00. The monoisotopic (exact) mass is 207 g/mol. The van der Waals surface area contributed by atoms with Crippen LogP contribution in [0.2, 0.25) is 0 Å². The number of hydrogen-bond donors (Lipinski definition) is 0. The van der Waals surface area contributed by atoms with Crippen molar-refractivity contribution in [2.75, 3.05) is 14.1 Å². The van der Waals surface area contributed by atoms with Gasteiger partial charge in [0.2, 0.25) is 0 Å². The zero-order chi connectivity index (χ0) is 11.4. The Balaban J connectivity index is 2.76. The molecule has 0 aromatic heterocycles. The Morgan fingerprint density at radius 3 is 2.13 bits per heavy atom. The molecular weight excluding hydrogens is 190 g/mol. The van der Waals surface area contributed by atoms with Crippen molar-refractivity contribution in [3.05, 3.63) is 29.8 Å². The standard InChI is InChI=1S/C12H17NO2/c1-9(2)15-11-7-5-10(6-8-11)12(14)13(3)4/h5-9H,1-4H3. The molecule has 82 valence electrons. The first-order valence-corrected chi connectivity index (χ1v) is 4.99. The lowest BCUT2D eigenvalue weighted by Gasteiger charge is -2.12. The number of carbonyl (C=O) groups is 1. The molecular formula is C12H17NO2. The molecule has 0 aliphatic rings. The van der Waals surface area contributed by atoms with Crippen molar-refractivity contribution in [1.29, 1.82) is 0 Å². The molecule has 0 atom stereocenters. The number of amides is 1. The van der Waals surface area contributed by atoms with Gasteiger partial charge in [-0.2, -0.15) is 0 Å². The van der Waals surface area contributed by atoms with Crippen molar-refractivity contribution in [1.82, 2.24) is 4.90 Å². The molecule has 0 N–H and O–H groups in total. The number of carbonyl (C=O) groups excluding carboxylic acids is 1. The minimum Gasteiger partial charge on any atom is -0.491 e. The Morgan fingerprint density at radius 1 is 1.20 bits per heavy atom. The minimum atomic E-state index is 0.00565. The second kappa shape index (κ2) is 4.82. The van der Waals surface area contributed by atoms with Gasteiger partial charge in [0, 0.05) is 19.7 Å². The van der Waals surface area contributed by atoms with E-state index in [0.717, 1.165) is 5.75 Å². The van der Waals surface area contributed by atoms with Crippen molar-refractivity contribution >= 4 is 5.91 Å². The summed E-state index contributed by atoms with van der Waals surface area (Å²) in [6.07, 6.45) is 0.153. The van der Waals surface area contributed by atoms with E-state index in [4.69, 9.17) is 4.74 Å². The van der Waals surface area contributed by atoms with Crippen LogP contribution in [0.5, 0.6) is 5.75 Å². The van der Waals surface area contributed by atoms with Crippen LogP contribution in [-0.2, 0) is 0 Å². The molecule has 15 heavy (non-hydrogen) atoms. The molecule has 1 aromatic rings. The van der Waals surface area contributed by atoms with Crippen LogP contribution >= 0.6 is 0 Å². The van der Waals surface area contributed by atoms with Gasteiger partial charge in [0.05, 0.1) is 6.10 Å². The predicted octanol–water partition coefficient (Wildman–Crippen LogP) is 2.18. The van der Waals surface area contributed by atoms with Crippen molar-refractivity contribution in [3.8, 4) is 5.75 Å². The van der Waals surface area contributed by atoms with Crippen LogP contribution < -0.4 is 4.74 Å². The molecule has 3 heteroatoms. The molecule has 0 saturated heterocycles. The number of ether oxygens (including phenoxy) is 1. The summed E-state index contributed by atoms with van der Waals surface area (Å²) in [6, 6.07) is 7.19. The maximum absolute atomic E-state index is 11.6. The summed E-state index contributed by atoms with van der Waals surface area (Å²) in [5.41, 5.74) is 0.677. The summed E-state index contributed by atoms with van der Waals surface area (Å²) in [7, 11) is 3.47. The van der Waals surface area contributed by atoms with E-state index in [0.29, 0.717) is 5.56 Å². The van der Waals surface area contributed by atoms with Gasteiger partial charge in [-0.05, 0) is 38.1 Å². The molecule has 0 heterocycles. The van der Waals surface area contributed by atoms with Crippen LogP contribution in [0.1, 0.15) is 24.2 Å². The van der Waals surface area contributed by atoms with Gasteiger partial charge in [0.25, 0.3) is 5.91 Å². The minimum absolute atomic E-state index is 0.00565. The van der Waals surface area contributed by atoms with Crippen LogP contribution in [0.4, 0.5) is 0 Å². The number of benzene rings is 1. The summed E-state index contributed by atoms with van der Waals surface area (Å²) in [4.78, 5) is 13.1. The molecule has 0 spiro atoms. The Labute approximate surface area is 90.7 Å². The van der Waals surface area contributed by atoms with Gasteiger partial charge in [-0.25, -0.2) is 0 Å². The normalized spacial score (nSPS) is 10.2. The third-order valence-electron chi connectivity index (χ3n) is 1.88. The highest BCUT2D eigenvalue weighted by Gasteiger charge is 2.07. The molecule has 0 aliphatic heterocycles. The predicted molar refractivity (Wildman–Crippen MR) is 60.2 cm³/mol. The summed E-state index contributed by atoms with van der Waals surface area (Å²) in [5.74, 6) is 0.798. The van der Waals surface area contributed by atoms with Crippen LogP contribution in [-0.4, -0.2) is 31.0 Å². The Hall–Kier alpha value is -1.51. The third kappa shape index (κ3) is 3.27. The van der Waals surface area contributed by atoms with Crippen molar-refractivity contribution in [2.24, 2.45) is 0 Å². The van der Waals surface area contributed by atoms with Crippen molar-refractivity contribution in [2.45, 2.75) is 20.0 Å². The SMILES string of the molecule is CC(C)Oc1ccc(C(=O)N(C)C)cc1. The zero-order valence-electron chi connectivity index (χ0n) is 9.65. The Kier molecular flexibility index (Phi) is 3.72. The maximum atomic E-state index is 11.6. The summed E-state index contributed by atoms with van der Waals surface area (Å²) in [5, 5.41) is 0. The Bertz CT molecular complexity index is 328. The number of hydrogen-bond acceptors (Lipinski definition) is 2. The largest absolute Gasteiger partial charge is 0.491 e. The van der Waals surface area contributed by atoms with Crippen LogP contribution in [0, 0.1) is 0 Å². The average molecular weight is 207 g/mol. The highest BCUT2D eigenvalue weighted by atomic mass is 16.5. The van der Waals surface area contributed by atoms with Crippen molar-refractivity contribution in [3.63, 3.8) is 0 Å². The summed E-state index contributed by atoms with van der Waals surface area (Å²) < 4.78 is 5.48. The van der Waals surface area contributed by atoms with Gasteiger partial charge in [0.15, 0.2) is 0 Å². The lowest BCUT2D eigenvalue weighted by Crippen LogP contribution is -2.21. The number of rotatable bonds is 3. The van der Waals surface area contributed by atoms with E-state index in [9.17, 15) is 4.79 Å². The fourth-order valence-electron chi connectivity index (χ4n) is 1.21. The van der Waals surface area contributed by atoms with E-state index in [1.807, 2.05) is 26.0 Å². The van der Waals surface area contributed by atoms with Crippen LogP contribution in [0.25, 0.3) is 0 Å². The number of nitrogens with zero attached hydrogens (tertiary/aromatic N) is 1. The lowest BCUT2D eigenvalue weighted by atomic mass is 10.2. The fraction of sp³-hybridized carbons (Fsp3) is 0.417. The van der Waals surface area contributed by atoms with Gasteiger partial charge in [-0.3, -0.25) is 4.79 Å². The summed E-state index contributed by atoms with van der Waals surface area (Å²) >= 11 is 0. The van der Waals surface area contributed by atoms with E-state index in [2.05, 4.69) is 0 Å². The first kappa shape index (κ1) is 11.6. The van der Waals surface area contributed by atoms with Gasteiger partial charge >= 0.3 is 0 Å². The smallest absolute Gasteiger partial charge is 0.253 e. The van der Waals surface area contributed by atoms with Crippen molar-refractivity contribution < 1.29 is 9.53 Å². The summed E-state index contributed by atoms with van der Waals surface area (Å²) in [6.45, 7) is 3.94. The molecule has 1 rings (SSSR count). The maximum Gasteiger partial charge on any atom is 0.253 e. The molecule has 1 aromatic carbocycles. The van der Waals surface area contributed by atoms with Gasteiger partial charge in [0.1, 0.15) is 5.75 Å². The van der Waals surface area contributed by atoms with Crippen LogP contribution in [0.3, 0.4) is 0 Å². The molecule has 3 nitrogen and oxygen atoms in total.